The van der Waals surface area contributed by atoms with Crippen molar-refractivity contribution in [2.45, 2.75) is 26.7 Å². The molecule has 1 aliphatic carbocycles. The highest BCUT2D eigenvalue weighted by Crippen LogP contribution is 2.30. The van der Waals surface area contributed by atoms with Crippen LogP contribution in [0, 0.1) is 19.8 Å². The zero-order chi connectivity index (χ0) is 15.0. The molecular weight excluding hydrogens is 326 g/mol. The van der Waals surface area contributed by atoms with E-state index in [0.29, 0.717) is 0 Å². The minimum Gasteiger partial charge on any atom is -0.325 e. The first-order chi connectivity index (χ1) is 10.0. The Labute approximate surface area is 133 Å². The Morgan fingerprint density at radius 2 is 1.76 bits per heavy atom. The number of amides is 1. The van der Waals surface area contributed by atoms with Crippen LogP contribution in [0.1, 0.15) is 22.3 Å². The molecule has 0 saturated heterocycles. The van der Waals surface area contributed by atoms with Crippen molar-refractivity contribution in [1.29, 1.82) is 0 Å². The Morgan fingerprint density at radius 1 is 1.10 bits per heavy atom. The van der Waals surface area contributed by atoms with Gasteiger partial charge in [-0.15, -0.1) is 0 Å². The lowest BCUT2D eigenvalue weighted by Crippen LogP contribution is -2.24. The van der Waals surface area contributed by atoms with Crippen LogP contribution < -0.4 is 5.32 Å². The summed E-state index contributed by atoms with van der Waals surface area (Å²) in [6.07, 6.45) is 1.66. The van der Waals surface area contributed by atoms with E-state index in [4.69, 9.17) is 0 Å². The van der Waals surface area contributed by atoms with E-state index in [2.05, 4.69) is 33.4 Å². The summed E-state index contributed by atoms with van der Waals surface area (Å²) in [6.45, 7) is 4.06. The largest absolute Gasteiger partial charge is 0.325 e. The van der Waals surface area contributed by atoms with Crippen molar-refractivity contribution in [3.05, 3.63) is 63.1 Å². The fourth-order valence-corrected chi connectivity index (χ4v) is 3.42. The monoisotopic (exact) mass is 343 g/mol. The molecule has 1 N–H and O–H groups in total. The summed E-state index contributed by atoms with van der Waals surface area (Å²) in [7, 11) is 0. The zero-order valence-electron chi connectivity index (χ0n) is 12.2. The van der Waals surface area contributed by atoms with E-state index in [-0.39, 0.29) is 11.8 Å². The number of hydrogen-bond donors (Lipinski definition) is 1. The number of aryl methyl sites for hydroxylation is 2. The molecule has 2 nitrogen and oxygen atoms in total. The average molecular weight is 344 g/mol. The van der Waals surface area contributed by atoms with Crippen molar-refractivity contribution >= 4 is 27.5 Å². The summed E-state index contributed by atoms with van der Waals surface area (Å²) in [5.74, 6) is 0.160. The molecule has 108 valence electrons. The van der Waals surface area contributed by atoms with Gasteiger partial charge in [-0.3, -0.25) is 4.79 Å². The summed E-state index contributed by atoms with van der Waals surface area (Å²) in [4.78, 5) is 12.5. The molecule has 0 fully saturated rings. The predicted molar refractivity (Wildman–Crippen MR) is 89.6 cm³/mol. The van der Waals surface area contributed by atoms with Crippen molar-refractivity contribution in [2.24, 2.45) is 5.92 Å². The first-order valence-electron chi connectivity index (χ1n) is 7.19. The molecule has 1 aliphatic rings. The van der Waals surface area contributed by atoms with E-state index in [1.807, 2.05) is 38.1 Å². The van der Waals surface area contributed by atoms with E-state index >= 15 is 0 Å². The van der Waals surface area contributed by atoms with Gasteiger partial charge >= 0.3 is 0 Å². The molecule has 3 rings (SSSR count). The number of anilines is 1. The van der Waals surface area contributed by atoms with Crippen LogP contribution in [0.4, 0.5) is 5.69 Å². The van der Waals surface area contributed by atoms with Gasteiger partial charge in [-0.2, -0.15) is 0 Å². The zero-order valence-corrected chi connectivity index (χ0v) is 13.8. The molecule has 0 heterocycles. The molecule has 1 amide bonds. The minimum atomic E-state index is 0.0355. The minimum absolute atomic E-state index is 0.0355. The molecule has 0 aromatic heterocycles. The highest BCUT2D eigenvalue weighted by Gasteiger charge is 2.27. The van der Waals surface area contributed by atoms with Gasteiger partial charge in [0.05, 0.1) is 0 Å². The number of para-hydroxylation sites is 1. The van der Waals surface area contributed by atoms with Crippen molar-refractivity contribution in [1.82, 2.24) is 0 Å². The van der Waals surface area contributed by atoms with E-state index < -0.39 is 0 Å². The maximum Gasteiger partial charge on any atom is 0.228 e. The maximum atomic E-state index is 12.5. The number of rotatable bonds is 2. The topological polar surface area (TPSA) is 29.1 Å². The number of fused-ring (bicyclic) bond motifs is 1. The summed E-state index contributed by atoms with van der Waals surface area (Å²) in [5, 5.41) is 3.12. The summed E-state index contributed by atoms with van der Waals surface area (Å²) in [5.41, 5.74) is 5.76. The van der Waals surface area contributed by atoms with E-state index in [9.17, 15) is 4.79 Å². The van der Waals surface area contributed by atoms with Crippen LogP contribution in [0.3, 0.4) is 0 Å². The molecule has 1 unspecified atom stereocenters. The Hall–Kier alpha value is -1.61. The third kappa shape index (κ3) is 2.88. The number of halogens is 1. The maximum absolute atomic E-state index is 12.5. The van der Waals surface area contributed by atoms with Crippen LogP contribution >= 0.6 is 15.9 Å². The fraction of sp³-hybridized carbons (Fsp3) is 0.278. The average Bonchev–Trinajstić information content (AvgIpc) is 2.86. The lowest BCUT2D eigenvalue weighted by molar-refractivity contribution is -0.119. The van der Waals surface area contributed by atoms with E-state index in [1.54, 1.807) is 0 Å². The summed E-state index contributed by atoms with van der Waals surface area (Å²) >= 11 is 3.49. The smallest absolute Gasteiger partial charge is 0.228 e. The van der Waals surface area contributed by atoms with Gasteiger partial charge in [0.25, 0.3) is 0 Å². The molecule has 1 atom stereocenters. The Bertz CT molecular complexity index is 688. The van der Waals surface area contributed by atoms with Crippen LogP contribution in [0.2, 0.25) is 0 Å². The van der Waals surface area contributed by atoms with E-state index in [0.717, 1.165) is 34.1 Å². The first-order valence-corrected chi connectivity index (χ1v) is 7.98. The lowest BCUT2D eigenvalue weighted by atomic mass is 10.0. The van der Waals surface area contributed by atoms with Crippen LogP contribution in [0.15, 0.2) is 40.9 Å². The molecule has 2 aromatic rings. The van der Waals surface area contributed by atoms with Gasteiger partial charge in [0.1, 0.15) is 0 Å². The molecular formula is C18H18BrNO. The van der Waals surface area contributed by atoms with Gasteiger partial charge in [0.15, 0.2) is 0 Å². The standard InChI is InChI=1S/C18H18BrNO/c1-11-4-3-5-12(2)17(11)20-18(21)15-8-13-6-7-16(19)10-14(13)9-15/h3-7,10,15H,8-9H2,1-2H3,(H,20,21). The molecule has 0 bridgehead atoms. The van der Waals surface area contributed by atoms with Crippen LogP contribution in [-0.2, 0) is 17.6 Å². The normalized spacial score (nSPS) is 16.6. The highest BCUT2D eigenvalue weighted by atomic mass is 79.9. The molecule has 21 heavy (non-hydrogen) atoms. The number of nitrogens with one attached hydrogen (secondary N) is 1. The second kappa shape index (κ2) is 5.64. The predicted octanol–water partition coefficient (Wildman–Crippen LogP) is 4.42. The summed E-state index contributed by atoms with van der Waals surface area (Å²) in [6, 6.07) is 12.4. The Balaban J connectivity index is 1.76. The fourth-order valence-electron chi connectivity index (χ4n) is 3.01. The van der Waals surface area contributed by atoms with Gasteiger partial charge in [-0.05, 0) is 61.1 Å². The number of carbonyl (C=O) groups excluding carboxylic acids is 1. The highest BCUT2D eigenvalue weighted by molar-refractivity contribution is 9.10. The van der Waals surface area contributed by atoms with Crippen molar-refractivity contribution in [3.8, 4) is 0 Å². The third-order valence-corrected chi connectivity index (χ3v) is 4.69. The van der Waals surface area contributed by atoms with Crippen molar-refractivity contribution in [2.75, 3.05) is 5.32 Å². The van der Waals surface area contributed by atoms with Crippen molar-refractivity contribution < 1.29 is 4.79 Å². The Morgan fingerprint density at radius 3 is 2.48 bits per heavy atom. The third-order valence-electron chi connectivity index (χ3n) is 4.20. The molecule has 0 radical (unpaired) electrons. The molecule has 3 heteroatoms. The first kappa shape index (κ1) is 14.3. The Kier molecular flexibility index (Phi) is 3.85. The van der Waals surface area contributed by atoms with Gasteiger partial charge in [-0.25, -0.2) is 0 Å². The molecule has 0 aliphatic heterocycles. The molecule has 2 aromatic carbocycles. The van der Waals surface area contributed by atoms with Crippen LogP contribution in [0.25, 0.3) is 0 Å². The van der Waals surface area contributed by atoms with Gasteiger partial charge in [0.2, 0.25) is 5.91 Å². The molecule has 0 saturated carbocycles. The quantitative estimate of drug-likeness (QED) is 0.859. The van der Waals surface area contributed by atoms with E-state index in [1.165, 1.54) is 11.1 Å². The lowest BCUT2D eigenvalue weighted by Gasteiger charge is -2.14. The number of hydrogen-bond acceptors (Lipinski definition) is 1. The van der Waals surface area contributed by atoms with Gasteiger partial charge in [-0.1, -0.05) is 40.2 Å². The van der Waals surface area contributed by atoms with Crippen molar-refractivity contribution in [3.63, 3.8) is 0 Å². The second-order valence-corrected chi connectivity index (χ2v) is 6.69. The molecule has 0 spiro atoms. The van der Waals surface area contributed by atoms with Gasteiger partial charge in [0, 0.05) is 16.1 Å². The number of carbonyl (C=O) groups is 1. The van der Waals surface area contributed by atoms with Gasteiger partial charge < -0.3 is 5.32 Å². The summed E-state index contributed by atoms with van der Waals surface area (Å²) < 4.78 is 1.08. The van der Waals surface area contributed by atoms with Crippen LogP contribution in [0.5, 0.6) is 0 Å². The van der Waals surface area contributed by atoms with Crippen LogP contribution in [-0.4, -0.2) is 5.91 Å². The second-order valence-electron chi connectivity index (χ2n) is 5.77. The number of benzene rings is 2. The SMILES string of the molecule is Cc1cccc(C)c1NC(=O)C1Cc2ccc(Br)cc2C1.